The van der Waals surface area contributed by atoms with Crippen molar-refractivity contribution in [2.45, 2.75) is 18.9 Å². The van der Waals surface area contributed by atoms with Gasteiger partial charge in [0.05, 0.1) is 5.69 Å². The van der Waals surface area contributed by atoms with Crippen LogP contribution in [0.1, 0.15) is 18.9 Å². The van der Waals surface area contributed by atoms with Crippen LogP contribution in [0.4, 0.5) is 5.69 Å². The number of hydrogen-bond donors (Lipinski definition) is 1. The van der Waals surface area contributed by atoms with E-state index in [0.29, 0.717) is 11.7 Å². The second kappa shape index (κ2) is 4.06. The summed E-state index contributed by atoms with van der Waals surface area (Å²) in [7, 11) is 2.13. The minimum absolute atomic E-state index is 0.0841. The summed E-state index contributed by atoms with van der Waals surface area (Å²) in [5.74, 6) is 0. The molecule has 0 aliphatic carbocycles. The largest absolute Gasteiger partial charge is 0.394 e. The first-order valence-electron chi connectivity index (χ1n) is 5.32. The summed E-state index contributed by atoms with van der Waals surface area (Å²) in [6.45, 7) is 2.22. The molecule has 1 aromatic rings. The number of aromatic nitrogens is 1. The van der Waals surface area contributed by atoms with Crippen LogP contribution in [-0.2, 0) is 0 Å². The molecule has 0 bridgehead atoms. The van der Waals surface area contributed by atoms with Crippen molar-refractivity contribution in [3.05, 3.63) is 28.7 Å². The normalized spacial score (nSPS) is 19.3. The smallest absolute Gasteiger partial charge is 0.204 e. The monoisotopic (exact) mass is 207 g/mol. The lowest BCUT2D eigenvalue weighted by atomic mass is 10.1. The van der Waals surface area contributed by atoms with Gasteiger partial charge in [0, 0.05) is 24.5 Å². The SMILES string of the molecule is CN1CCC(n2ccc(=O)c(N)c2)CC1. The molecule has 2 N–H and O–H groups in total. The Morgan fingerprint density at radius 1 is 1.40 bits per heavy atom. The predicted octanol–water partition coefficient (Wildman–Crippen LogP) is 0.697. The Hall–Kier alpha value is -1.29. The maximum atomic E-state index is 11.2. The fraction of sp³-hybridized carbons (Fsp3) is 0.545. The van der Waals surface area contributed by atoms with Gasteiger partial charge in [-0.15, -0.1) is 0 Å². The summed E-state index contributed by atoms with van der Waals surface area (Å²) < 4.78 is 2.07. The van der Waals surface area contributed by atoms with E-state index < -0.39 is 0 Å². The third kappa shape index (κ3) is 2.21. The van der Waals surface area contributed by atoms with Gasteiger partial charge in [0.2, 0.25) is 5.43 Å². The molecule has 0 radical (unpaired) electrons. The first kappa shape index (κ1) is 10.2. The van der Waals surface area contributed by atoms with E-state index in [0.717, 1.165) is 25.9 Å². The average molecular weight is 207 g/mol. The van der Waals surface area contributed by atoms with Crippen LogP contribution in [0.15, 0.2) is 23.3 Å². The molecular weight excluding hydrogens is 190 g/mol. The maximum Gasteiger partial charge on any atom is 0.204 e. The average Bonchev–Trinajstić information content (AvgIpc) is 2.23. The van der Waals surface area contributed by atoms with Crippen LogP contribution in [0.2, 0.25) is 0 Å². The lowest BCUT2D eigenvalue weighted by Crippen LogP contribution is -2.31. The van der Waals surface area contributed by atoms with Crippen molar-refractivity contribution in [2.75, 3.05) is 25.9 Å². The van der Waals surface area contributed by atoms with Gasteiger partial charge in [0.15, 0.2) is 0 Å². The van der Waals surface area contributed by atoms with Crippen molar-refractivity contribution in [1.82, 2.24) is 9.47 Å². The quantitative estimate of drug-likeness (QED) is 0.737. The Morgan fingerprint density at radius 3 is 2.67 bits per heavy atom. The summed E-state index contributed by atoms with van der Waals surface area (Å²) in [6, 6.07) is 2.04. The number of anilines is 1. The third-order valence-corrected chi connectivity index (χ3v) is 3.08. The standard InChI is InChI=1S/C11H17N3O/c1-13-5-2-9(3-6-13)14-7-4-11(15)10(12)8-14/h4,7-9H,2-3,5-6,12H2,1H3. The van der Waals surface area contributed by atoms with Crippen molar-refractivity contribution in [1.29, 1.82) is 0 Å². The Morgan fingerprint density at radius 2 is 2.07 bits per heavy atom. The third-order valence-electron chi connectivity index (χ3n) is 3.08. The van der Waals surface area contributed by atoms with Gasteiger partial charge < -0.3 is 15.2 Å². The molecule has 1 fully saturated rings. The van der Waals surface area contributed by atoms with Crippen molar-refractivity contribution < 1.29 is 0 Å². The van der Waals surface area contributed by atoms with Crippen LogP contribution in [0, 0.1) is 0 Å². The number of nitrogens with two attached hydrogens (primary N) is 1. The molecule has 0 spiro atoms. The number of rotatable bonds is 1. The highest BCUT2D eigenvalue weighted by atomic mass is 16.1. The van der Waals surface area contributed by atoms with Gasteiger partial charge in [-0.25, -0.2) is 0 Å². The van der Waals surface area contributed by atoms with E-state index in [1.165, 1.54) is 0 Å². The topological polar surface area (TPSA) is 51.3 Å². The number of piperidine rings is 1. The summed E-state index contributed by atoms with van der Waals surface area (Å²) in [6.07, 6.45) is 5.85. The van der Waals surface area contributed by atoms with Crippen molar-refractivity contribution in [2.24, 2.45) is 0 Å². The number of hydrogen-bond acceptors (Lipinski definition) is 3. The van der Waals surface area contributed by atoms with E-state index in [-0.39, 0.29) is 5.43 Å². The van der Waals surface area contributed by atoms with Gasteiger partial charge in [-0.05, 0) is 33.0 Å². The van der Waals surface area contributed by atoms with Gasteiger partial charge in [0.25, 0.3) is 0 Å². The van der Waals surface area contributed by atoms with Gasteiger partial charge in [-0.2, -0.15) is 0 Å². The fourth-order valence-corrected chi connectivity index (χ4v) is 2.04. The van der Waals surface area contributed by atoms with Gasteiger partial charge in [0.1, 0.15) is 0 Å². The molecule has 0 atom stereocenters. The lowest BCUT2D eigenvalue weighted by Gasteiger charge is -2.30. The molecule has 2 rings (SSSR count). The van der Waals surface area contributed by atoms with Crippen LogP contribution < -0.4 is 11.2 Å². The second-order valence-corrected chi connectivity index (χ2v) is 4.25. The predicted molar refractivity (Wildman–Crippen MR) is 60.9 cm³/mol. The number of nitrogens with zero attached hydrogens (tertiary/aromatic N) is 2. The molecule has 0 saturated carbocycles. The molecule has 4 nitrogen and oxygen atoms in total. The molecule has 2 heterocycles. The van der Waals surface area contributed by atoms with Crippen LogP contribution in [0.5, 0.6) is 0 Å². The molecule has 82 valence electrons. The molecule has 1 saturated heterocycles. The Kier molecular flexibility index (Phi) is 2.77. The van der Waals surface area contributed by atoms with Crippen molar-refractivity contribution in [3.63, 3.8) is 0 Å². The zero-order valence-corrected chi connectivity index (χ0v) is 9.02. The van der Waals surface area contributed by atoms with E-state index in [1.807, 2.05) is 6.20 Å². The molecule has 0 amide bonds. The number of nitrogen functional groups attached to an aromatic ring is 1. The summed E-state index contributed by atoms with van der Waals surface area (Å²) in [5.41, 5.74) is 5.87. The molecule has 1 aliphatic rings. The van der Waals surface area contributed by atoms with Gasteiger partial charge >= 0.3 is 0 Å². The Balaban J connectivity index is 2.16. The van der Waals surface area contributed by atoms with E-state index in [2.05, 4.69) is 16.5 Å². The molecule has 0 unspecified atom stereocenters. The first-order valence-corrected chi connectivity index (χ1v) is 5.32. The van der Waals surface area contributed by atoms with Gasteiger partial charge in [-0.1, -0.05) is 0 Å². The van der Waals surface area contributed by atoms with E-state index in [4.69, 9.17) is 5.73 Å². The number of pyridine rings is 1. The first-order chi connectivity index (χ1) is 7.16. The van der Waals surface area contributed by atoms with Crippen LogP contribution in [0.3, 0.4) is 0 Å². The summed E-state index contributed by atoms with van der Waals surface area (Å²) in [5, 5.41) is 0. The molecule has 4 heteroatoms. The zero-order chi connectivity index (χ0) is 10.8. The lowest BCUT2D eigenvalue weighted by molar-refractivity contribution is 0.221. The maximum absolute atomic E-state index is 11.2. The van der Waals surface area contributed by atoms with E-state index in [1.54, 1.807) is 12.3 Å². The second-order valence-electron chi connectivity index (χ2n) is 4.25. The molecular formula is C11H17N3O. The van der Waals surface area contributed by atoms with Crippen LogP contribution >= 0.6 is 0 Å². The zero-order valence-electron chi connectivity index (χ0n) is 9.02. The Bertz CT molecular complexity index is 391. The minimum atomic E-state index is -0.0841. The molecule has 15 heavy (non-hydrogen) atoms. The molecule has 1 aliphatic heterocycles. The summed E-state index contributed by atoms with van der Waals surface area (Å²) >= 11 is 0. The minimum Gasteiger partial charge on any atom is -0.394 e. The highest BCUT2D eigenvalue weighted by Crippen LogP contribution is 2.21. The van der Waals surface area contributed by atoms with Crippen LogP contribution in [0.25, 0.3) is 0 Å². The highest BCUT2D eigenvalue weighted by molar-refractivity contribution is 5.33. The fourth-order valence-electron chi connectivity index (χ4n) is 2.04. The molecule has 0 aromatic carbocycles. The Labute approximate surface area is 89.3 Å². The van der Waals surface area contributed by atoms with E-state index >= 15 is 0 Å². The van der Waals surface area contributed by atoms with Crippen molar-refractivity contribution in [3.8, 4) is 0 Å². The van der Waals surface area contributed by atoms with Gasteiger partial charge in [-0.3, -0.25) is 4.79 Å². The van der Waals surface area contributed by atoms with Crippen molar-refractivity contribution >= 4 is 5.69 Å². The van der Waals surface area contributed by atoms with E-state index in [9.17, 15) is 4.79 Å². The molecule has 1 aromatic heterocycles. The number of likely N-dealkylation sites (tertiary alicyclic amines) is 1. The summed E-state index contributed by atoms with van der Waals surface area (Å²) in [4.78, 5) is 13.5. The highest BCUT2D eigenvalue weighted by Gasteiger charge is 2.17. The van der Waals surface area contributed by atoms with Crippen LogP contribution in [-0.4, -0.2) is 29.6 Å².